The van der Waals surface area contributed by atoms with Gasteiger partial charge in [-0.1, -0.05) is 0 Å². The van der Waals surface area contributed by atoms with Crippen molar-refractivity contribution in [3.05, 3.63) is 23.7 Å². The van der Waals surface area contributed by atoms with Crippen LogP contribution in [0.3, 0.4) is 0 Å². The third-order valence-electron chi connectivity index (χ3n) is 2.17. The van der Waals surface area contributed by atoms with Gasteiger partial charge in [-0.3, -0.25) is 9.59 Å². The van der Waals surface area contributed by atoms with E-state index in [9.17, 15) is 9.59 Å². The summed E-state index contributed by atoms with van der Waals surface area (Å²) in [5.41, 5.74) is 0. The van der Waals surface area contributed by atoms with Crippen LogP contribution in [0.15, 0.2) is 23.7 Å². The lowest BCUT2D eigenvalue weighted by atomic mass is 9.93. The number of carbonyl (C=O) groups excluding carboxylic acids is 2. The van der Waals surface area contributed by atoms with Gasteiger partial charge in [-0.25, -0.2) is 0 Å². The molecule has 0 aromatic carbocycles. The Bertz CT molecular complexity index is 351. The number of hydrogen-bond donors (Lipinski definition) is 0. The summed E-state index contributed by atoms with van der Waals surface area (Å²) in [5.74, 6) is 0.582. The minimum Gasteiger partial charge on any atom is -0.454 e. The molecule has 1 saturated heterocycles. The summed E-state index contributed by atoms with van der Waals surface area (Å²) >= 11 is 0. The van der Waals surface area contributed by atoms with Crippen LogP contribution in [-0.2, 0) is 19.1 Å². The predicted octanol–water partition coefficient (Wildman–Crippen LogP) is 0.936. The molecule has 1 aliphatic carbocycles. The first kappa shape index (κ1) is 8.99. The van der Waals surface area contributed by atoms with E-state index in [1.165, 1.54) is 13.0 Å². The lowest BCUT2D eigenvalue weighted by Crippen LogP contribution is -2.17. The molecule has 1 heterocycles. The molecule has 0 spiro atoms. The lowest BCUT2D eigenvalue weighted by Gasteiger charge is -2.12. The zero-order valence-corrected chi connectivity index (χ0v) is 7.78. The molecule has 0 amide bonds. The molecule has 4 nitrogen and oxygen atoms in total. The van der Waals surface area contributed by atoms with E-state index < -0.39 is 0 Å². The Labute approximate surface area is 81.2 Å². The molecule has 1 atom stereocenters. The number of hydrogen-bond acceptors (Lipinski definition) is 4. The maximum atomic E-state index is 11.5. The molecule has 74 valence electrons. The van der Waals surface area contributed by atoms with E-state index in [-0.39, 0.29) is 30.7 Å². The quantitative estimate of drug-likeness (QED) is 0.656. The van der Waals surface area contributed by atoms with Gasteiger partial charge >= 0.3 is 0 Å². The van der Waals surface area contributed by atoms with Crippen molar-refractivity contribution >= 4 is 11.6 Å². The van der Waals surface area contributed by atoms with Gasteiger partial charge in [0, 0.05) is 12.5 Å². The Morgan fingerprint density at radius 2 is 2.21 bits per heavy atom. The van der Waals surface area contributed by atoms with Crippen molar-refractivity contribution in [3.63, 3.8) is 0 Å². The van der Waals surface area contributed by atoms with Crippen molar-refractivity contribution in [1.29, 1.82) is 0 Å². The fraction of sp³-hybridized carbons (Fsp3) is 0.400. The van der Waals surface area contributed by atoms with Crippen LogP contribution >= 0.6 is 0 Å². The first-order valence-electron chi connectivity index (χ1n) is 4.39. The van der Waals surface area contributed by atoms with Crippen molar-refractivity contribution in [1.82, 2.24) is 0 Å². The number of ether oxygens (including phenoxy) is 2. The van der Waals surface area contributed by atoms with Crippen LogP contribution in [0.25, 0.3) is 0 Å². The molecule has 2 rings (SSSR count). The highest BCUT2D eigenvalue weighted by molar-refractivity contribution is 5.98. The zero-order valence-electron chi connectivity index (χ0n) is 7.78. The fourth-order valence-electron chi connectivity index (χ4n) is 1.51. The van der Waals surface area contributed by atoms with E-state index in [2.05, 4.69) is 0 Å². The van der Waals surface area contributed by atoms with Gasteiger partial charge in [-0.05, 0) is 13.0 Å². The average molecular weight is 194 g/mol. The van der Waals surface area contributed by atoms with Gasteiger partial charge in [0.1, 0.15) is 5.78 Å². The van der Waals surface area contributed by atoms with Crippen LogP contribution in [0, 0.1) is 5.92 Å². The van der Waals surface area contributed by atoms with Gasteiger partial charge in [-0.15, -0.1) is 0 Å². The van der Waals surface area contributed by atoms with E-state index in [1.807, 2.05) is 0 Å². The molecule has 4 heteroatoms. The molecule has 0 saturated carbocycles. The van der Waals surface area contributed by atoms with Gasteiger partial charge in [0.15, 0.2) is 17.3 Å². The van der Waals surface area contributed by atoms with Gasteiger partial charge in [0.2, 0.25) is 6.79 Å². The molecular formula is C10H10O4. The van der Waals surface area contributed by atoms with Gasteiger partial charge in [0.25, 0.3) is 0 Å². The molecule has 0 N–H and O–H groups in total. The van der Waals surface area contributed by atoms with E-state index in [0.717, 1.165) is 0 Å². The smallest absolute Gasteiger partial charge is 0.231 e. The highest BCUT2D eigenvalue weighted by Gasteiger charge is 2.28. The van der Waals surface area contributed by atoms with Gasteiger partial charge < -0.3 is 9.47 Å². The molecule has 2 aliphatic rings. The molecule has 1 unspecified atom stereocenters. The van der Waals surface area contributed by atoms with Crippen LogP contribution in [0.5, 0.6) is 0 Å². The SMILES string of the molecule is CC(=O)CC1C=C2OCOC2=CC1=O. The van der Waals surface area contributed by atoms with Gasteiger partial charge in [-0.2, -0.15) is 0 Å². The maximum Gasteiger partial charge on any atom is 0.231 e. The number of fused-ring (bicyclic) bond motifs is 1. The average Bonchev–Trinajstić information content (AvgIpc) is 2.51. The van der Waals surface area contributed by atoms with Crippen molar-refractivity contribution in [2.45, 2.75) is 13.3 Å². The number of Topliss-reactive ketones (excluding diaryl/α,β-unsaturated/α-hetero) is 1. The number of carbonyl (C=O) groups is 2. The molecule has 1 aliphatic heterocycles. The molecule has 0 aromatic heterocycles. The summed E-state index contributed by atoms with van der Waals surface area (Å²) in [5, 5.41) is 0. The highest BCUT2D eigenvalue weighted by atomic mass is 16.7. The summed E-state index contributed by atoms with van der Waals surface area (Å²) < 4.78 is 10.2. The molecule has 0 aromatic rings. The summed E-state index contributed by atoms with van der Waals surface area (Å²) in [6.45, 7) is 1.62. The second-order valence-electron chi connectivity index (χ2n) is 3.36. The fourth-order valence-corrected chi connectivity index (χ4v) is 1.51. The van der Waals surface area contributed by atoms with Crippen LogP contribution in [0.4, 0.5) is 0 Å². The first-order chi connectivity index (χ1) is 6.66. The van der Waals surface area contributed by atoms with Crippen molar-refractivity contribution < 1.29 is 19.1 Å². The monoisotopic (exact) mass is 194 g/mol. The topological polar surface area (TPSA) is 52.6 Å². The van der Waals surface area contributed by atoms with Crippen LogP contribution in [0.1, 0.15) is 13.3 Å². The molecular weight excluding hydrogens is 184 g/mol. The summed E-state index contributed by atoms with van der Waals surface area (Å²) in [6, 6.07) is 0. The summed E-state index contributed by atoms with van der Waals surface area (Å²) in [7, 11) is 0. The summed E-state index contributed by atoms with van der Waals surface area (Å²) in [6.07, 6.45) is 3.29. The van der Waals surface area contributed by atoms with E-state index in [4.69, 9.17) is 9.47 Å². The molecule has 14 heavy (non-hydrogen) atoms. The third-order valence-corrected chi connectivity index (χ3v) is 2.17. The standard InChI is InChI=1S/C10H10O4/c1-6(11)2-7-3-9-10(4-8(7)12)14-5-13-9/h3-4,7H,2,5H2,1H3. The summed E-state index contributed by atoms with van der Waals surface area (Å²) in [4.78, 5) is 22.3. The van der Waals surface area contributed by atoms with E-state index >= 15 is 0 Å². The van der Waals surface area contributed by atoms with Crippen molar-refractivity contribution in [2.24, 2.45) is 5.92 Å². The van der Waals surface area contributed by atoms with Crippen LogP contribution < -0.4 is 0 Å². The highest BCUT2D eigenvalue weighted by Crippen LogP contribution is 2.28. The Morgan fingerprint density at radius 1 is 1.50 bits per heavy atom. The molecule has 1 fully saturated rings. The van der Waals surface area contributed by atoms with Crippen molar-refractivity contribution in [3.8, 4) is 0 Å². The number of ketones is 2. The zero-order chi connectivity index (χ0) is 10.1. The Kier molecular flexibility index (Phi) is 2.11. The Balaban J connectivity index is 2.19. The number of allylic oxidation sites excluding steroid dienone is 2. The van der Waals surface area contributed by atoms with E-state index in [1.54, 1.807) is 6.08 Å². The molecule has 0 radical (unpaired) electrons. The predicted molar refractivity (Wildman–Crippen MR) is 47.0 cm³/mol. The third kappa shape index (κ3) is 1.55. The van der Waals surface area contributed by atoms with E-state index in [0.29, 0.717) is 11.5 Å². The second kappa shape index (κ2) is 3.29. The lowest BCUT2D eigenvalue weighted by molar-refractivity contribution is -0.123. The van der Waals surface area contributed by atoms with Crippen LogP contribution in [0.2, 0.25) is 0 Å². The largest absolute Gasteiger partial charge is 0.454 e. The second-order valence-corrected chi connectivity index (χ2v) is 3.36. The van der Waals surface area contributed by atoms with Crippen LogP contribution in [-0.4, -0.2) is 18.4 Å². The Morgan fingerprint density at radius 3 is 2.93 bits per heavy atom. The number of rotatable bonds is 2. The first-order valence-corrected chi connectivity index (χ1v) is 4.39. The maximum absolute atomic E-state index is 11.5. The minimum atomic E-state index is -0.382. The van der Waals surface area contributed by atoms with Gasteiger partial charge in [0.05, 0.1) is 5.92 Å². The normalized spacial score (nSPS) is 24.4. The minimum absolute atomic E-state index is 0.00374. The Hall–Kier alpha value is -1.58. The molecule has 0 bridgehead atoms. The van der Waals surface area contributed by atoms with Crippen molar-refractivity contribution in [2.75, 3.05) is 6.79 Å².